The molecule has 2 aliphatic heterocycles. The van der Waals surface area contributed by atoms with Crippen LogP contribution >= 0.6 is 0 Å². The first kappa shape index (κ1) is 21.5. The summed E-state index contributed by atoms with van der Waals surface area (Å²) in [6, 6.07) is 19.0. The number of anilines is 1. The van der Waals surface area contributed by atoms with E-state index in [4.69, 9.17) is 24.7 Å². The lowest BCUT2D eigenvalue weighted by atomic mass is 9.99. The van der Waals surface area contributed by atoms with Crippen LogP contribution < -0.4 is 4.90 Å². The lowest BCUT2D eigenvalue weighted by molar-refractivity contribution is -0.0366. The van der Waals surface area contributed by atoms with Gasteiger partial charge in [-0.3, -0.25) is 0 Å². The van der Waals surface area contributed by atoms with E-state index in [1.807, 2.05) is 27.7 Å². The fourth-order valence-corrected chi connectivity index (χ4v) is 5.38. The molecule has 2 fully saturated rings. The maximum atomic E-state index is 6.00. The van der Waals surface area contributed by atoms with Crippen LogP contribution in [0.2, 0.25) is 0 Å². The van der Waals surface area contributed by atoms with Crippen molar-refractivity contribution < 1.29 is 9.47 Å². The summed E-state index contributed by atoms with van der Waals surface area (Å²) >= 11 is 0. The summed E-state index contributed by atoms with van der Waals surface area (Å²) in [7, 11) is 0. The van der Waals surface area contributed by atoms with Gasteiger partial charge in [-0.05, 0) is 43.0 Å². The Bertz CT molecular complexity index is 1510. The quantitative estimate of drug-likeness (QED) is 0.363. The molecule has 2 aliphatic rings. The molecule has 2 saturated heterocycles. The lowest BCUT2D eigenvalue weighted by Gasteiger charge is -2.27. The van der Waals surface area contributed by atoms with E-state index in [2.05, 4.69) is 53.4 Å². The van der Waals surface area contributed by atoms with Crippen molar-refractivity contribution in [2.24, 2.45) is 0 Å². The van der Waals surface area contributed by atoms with Gasteiger partial charge in [0, 0.05) is 42.4 Å². The maximum Gasteiger partial charge on any atom is 0.227 e. The second kappa shape index (κ2) is 9.04. The molecule has 0 spiro atoms. The standard InChI is InChI=1S/C28H28N6O2/c1-2-6-20(7-3-1)27-26(24-11-12-29-28(34(24)31-27)32-13-16-35-17-14-32)21-9-10-23-22(18-21)19-30-33(23)25-8-4-5-15-36-25/h1-3,6-7,9-12,18-19,25H,4-5,8,13-17H2. The molecule has 0 bridgehead atoms. The highest BCUT2D eigenvalue weighted by atomic mass is 16.5. The monoisotopic (exact) mass is 480 g/mol. The average molecular weight is 481 g/mol. The predicted octanol–water partition coefficient (Wildman–Crippen LogP) is 4.95. The van der Waals surface area contributed by atoms with E-state index in [0.717, 1.165) is 77.3 Å². The van der Waals surface area contributed by atoms with Gasteiger partial charge in [-0.2, -0.15) is 14.7 Å². The summed E-state index contributed by atoms with van der Waals surface area (Å²) in [5, 5.41) is 10.9. The minimum atomic E-state index is 0.0149. The minimum absolute atomic E-state index is 0.0149. The molecule has 0 N–H and O–H groups in total. The third-order valence-electron chi connectivity index (χ3n) is 7.19. The molecule has 0 amide bonds. The Morgan fingerprint density at radius 2 is 1.75 bits per heavy atom. The summed E-state index contributed by atoms with van der Waals surface area (Å²) in [6.07, 6.45) is 7.15. The minimum Gasteiger partial charge on any atom is -0.378 e. The molecule has 5 heterocycles. The van der Waals surface area contributed by atoms with Crippen LogP contribution in [0.3, 0.4) is 0 Å². The van der Waals surface area contributed by atoms with Crippen LogP contribution in [0.5, 0.6) is 0 Å². The topological polar surface area (TPSA) is 69.7 Å². The van der Waals surface area contributed by atoms with E-state index < -0.39 is 0 Å². The largest absolute Gasteiger partial charge is 0.378 e. The second-order valence-electron chi connectivity index (χ2n) is 9.41. The molecular weight excluding hydrogens is 452 g/mol. The number of nitrogens with zero attached hydrogens (tertiary/aromatic N) is 6. The molecule has 1 unspecified atom stereocenters. The molecule has 36 heavy (non-hydrogen) atoms. The highest BCUT2D eigenvalue weighted by Gasteiger charge is 2.23. The van der Waals surface area contributed by atoms with Crippen molar-refractivity contribution in [2.45, 2.75) is 25.5 Å². The van der Waals surface area contributed by atoms with Gasteiger partial charge in [0.1, 0.15) is 5.69 Å². The summed E-state index contributed by atoms with van der Waals surface area (Å²) in [6.45, 7) is 3.80. The molecule has 1 atom stereocenters. The van der Waals surface area contributed by atoms with E-state index in [9.17, 15) is 0 Å². The van der Waals surface area contributed by atoms with Crippen LogP contribution in [0.25, 0.3) is 38.8 Å². The SMILES string of the molecule is c1ccc(-c2nn3c(N4CCOCC4)nccc3c2-c2ccc3c(cnn3C3CCCCO3)c2)cc1. The number of fused-ring (bicyclic) bond motifs is 2. The Kier molecular flexibility index (Phi) is 5.40. The van der Waals surface area contributed by atoms with Gasteiger partial charge in [0.15, 0.2) is 6.23 Å². The number of aromatic nitrogens is 5. The molecular formula is C28H28N6O2. The molecule has 182 valence electrons. The van der Waals surface area contributed by atoms with Crippen LogP contribution in [-0.4, -0.2) is 57.3 Å². The number of benzene rings is 2. The summed E-state index contributed by atoms with van der Waals surface area (Å²) in [5.74, 6) is 0.850. The Balaban J connectivity index is 1.39. The van der Waals surface area contributed by atoms with Crippen molar-refractivity contribution in [1.82, 2.24) is 24.4 Å². The van der Waals surface area contributed by atoms with Crippen molar-refractivity contribution in [1.29, 1.82) is 0 Å². The van der Waals surface area contributed by atoms with Crippen molar-refractivity contribution in [3.05, 3.63) is 67.0 Å². The van der Waals surface area contributed by atoms with Crippen molar-refractivity contribution in [3.63, 3.8) is 0 Å². The van der Waals surface area contributed by atoms with Gasteiger partial charge in [0.25, 0.3) is 0 Å². The lowest BCUT2D eigenvalue weighted by Crippen LogP contribution is -2.38. The zero-order valence-corrected chi connectivity index (χ0v) is 20.1. The third kappa shape index (κ3) is 3.65. The molecule has 8 nitrogen and oxygen atoms in total. The first-order chi connectivity index (χ1) is 17.9. The average Bonchev–Trinajstić information content (AvgIpc) is 3.56. The van der Waals surface area contributed by atoms with Gasteiger partial charge in [-0.25, -0.2) is 9.67 Å². The molecule has 2 aromatic carbocycles. The van der Waals surface area contributed by atoms with E-state index in [-0.39, 0.29) is 6.23 Å². The summed E-state index contributed by atoms with van der Waals surface area (Å²) in [5.41, 5.74) is 6.36. The molecule has 5 aromatic rings. The number of morpholine rings is 1. The van der Waals surface area contributed by atoms with E-state index in [0.29, 0.717) is 13.2 Å². The fourth-order valence-electron chi connectivity index (χ4n) is 5.38. The van der Waals surface area contributed by atoms with Gasteiger partial charge in [-0.1, -0.05) is 36.4 Å². The predicted molar refractivity (Wildman–Crippen MR) is 139 cm³/mol. The molecule has 8 heteroatoms. The molecule has 3 aromatic heterocycles. The summed E-state index contributed by atoms with van der Waals surface area (Å²) < 4.78 is 15.6. The normalized spacial score (nSPS) is 18.8. The highest BCUT2D eigenvalue weighted by molar-refractivity contribution is 5.96. The molecule has 0 aliphatic carbocycles. The van der Waals surface area contributed by atoms with Crippen LogP contribution in [0.1, 0.15) is 25.5 Å². The number of ether oxygens (including phenoxy) is 2. The van der Waals surface area contributed by atoms with E-state index in [1.165, 1.54) is 6.42 Å². The fraction of sp³-hybridized carbons (Fsp3) is 0.321. The van der Waals surface area contributed by atoms with Gasteiger partial charge < -0.3 is 14.4 Å². The first-order valence-corrected chi connectivity index (χ1v) is 12.7. The molecule has 7 rings (SSSR count). The van der Waals surface area contributed by atoms with Crippen LogP contribution in [0.4, 0.5) is 5.95 Å². The highest BCUT2D eigenvalue weighted by Crippen LogP contribution is 2.38. The Hall–Kier alpha value is -3.75. The molecule has 0 radical (unpaired) electrons. The summed E-state index contributed by atoms with van der Waals surface area (Å²) in [4.78, 5) is 6.97. The van der Waals surface area contributed by atoms with Gasteiger partial charge in [0.05, 0.1) is 30.4 Å². The Morgan fingerprint density at radius 1 is 0.861 bits per heavy atom. The zero-order valence-electron chi connectivity index (χ0n) is 20.1. The van der Waals surface area contributed by atoms with Gasteiger partial charge >= 0.3 is 0 Å². The number of rotatable bonds is 4. The Labute approximate surface area is 209 Å². The number of hydrogen-bond donors (Lipinski definition) is 0. The number of hydrogen-bond acceptors (Lipinski definition) is 6. The van der Waals surface area contributed by atoms with Gasteiger partial charge in [-0.15, -0.1) is 0 Å². The van der Waals surface area contributed by atoms with Crippen molar-refractivity contribution in [3.8, 4) is 22.4 Å². The van der Waals surface area contributed by atoms with Crippen LogP contribution in [-0.2, 0) is 9.47 Å². The van der Waals surface area contributed by atoms with Crippen molar-refractivity contribution >= 4 is 22.4 Å². The third-order valence-corrected chi connectivity index (χ3v) is 7.19. The second-order valence-corrected chi connectivity index (χ2v) is 9.41. The van der Waals surface area contributed by atoms with Gasteiger partial charge in [0.2, 0.25) is 5.95 Å². The Morgan fingerprint density at radius 3 is 2.58 bits per heavy atom. The van der Waals surface area contributed by atoms with Crippen molar-refractivity contribution in [2.75, 3.05) is 37.8 Å². The van der Waals surface area contributed by atoms with Crippen LogP contribution in [0, 0.1) is 0 Å². The van der Waals surface area contributed by atoms with E-state index in [1.54, 1.807) is 0 Å². The molecule has 0 saturated carbocycles. The van der Waals surface area contributed by atoms with E-state index >= 15 is 0 Å². The zero-order chi connectivity index (χ0) is 23.9. The smallest absolute Gasteiger partial charge is 0.227 e. The maximum absolute atomic E-state index is 6.00. The van der Waals surface area contributed by atoms with Crippen LogP contribution in [0.15, 0.2) is 67.0 Å². The first-order valence-electron chi connectivity index (χ1n) is 12.7.